The van der Waals surface area contributed by atoms with Crippen LogP contribution in [0.4, 0.5) is 4.79 Å². The number of benzene rings is 2. The first-order valence-corrected chi connectivity index (χ1v) is 8.73. The lowest BCUT2D eigenvalue weighted by Gasteiger charge is -2.35. The van der Waals surface area contributed by atoms with Crippen LogP contribution < -0.4 is 0 Å². The van der Waals surface area contributed by atoms with Crippen molar-refractivity contribution in [2.24, 2.45) is 0 Å². The van der Waals surface area contributed by atoms with E-state index in [9.17, 15) is 14.7 Å². The van der Waals surface area contributed by atoms with Crippen LogP contribution >= 0.6 is 0 Å². The molecule has 1 N–H and O–H groups in total. The average Bonchev–Trinajstić information content (AvgIpc) is 2.59. The van der Waals surface area contributed by atoms with E-state index in [1.165, 1.54) is 0 Å². The zero-order valence-corrected chi connectivity index (χ0v) is 15.4. The summed E-state index contributed by atoms with van der Waals surface area (Å²) in [4.78, 5) is 28.3. The number of aromatic hydroxyl groups is 1. The number of hydrogen-bond donors (Lipinski definition) is 1. The molecule has 0 saturated carbocycles. The summed E-state index contributed by atoms with van der Waals surface area (Å²) in [6.07, 6.45) is -0.338. The molecule has 0 atom stereocenters. The molecule has 1 saturated heterocycles. The van der Waals surface area contributed by atoms with Crippen molar-refractivity contribution in [1.82, 2.24) is 9.80 Å². The van der Waals surface area contributed by atoms with E-state index in [2.05, 4.69) is 0 Å². The lowest BCUT2D eigenvalue weighted by molar-refractivity contribution is 0.0141. The fourth-order valence-corrected chi connectivity index (χ4v) is 2.97. The first-order chi connectivity index (χ1) is 12.2. The number of nitrogens with zero attached hydrogens (tertiary/aromatic N) is 2. The maximum absolute atomic E-state index is 12.8. The first-order valence-electron chi connectivity index (χ1n) is 8.73. The monoisotopic (exact) mass is 356 g/mol. The Morgan fingerprint density at radius 3 is 2.15 bits per heavy atom. The standard InChI is InChI=1S/C20H24N2O4/c1-20(2,3)26-19(25)22-10-8-21(9-11-22)18(24)16-5-4-15-13-17(23)7-6-14(15)12-16/h4-7,12-13,23H,8-11H2,1-3H3. The molecular formula is C20H24N2O4. The number of ether oxygens (including phenoxy) is 1. The highest BCUT2D eigenvalue weighted by atomic mass is 16.6. The molecule has 0 unspecified atom stereocenters. The third kappa shape index (κ3) is 4.07. The highest BCUT2D eigenvalue weighted by molar-refractivity contribution is 5.99. The summed E-state index contributed by atoms with van der Waals surface area (Å²) < 4.78 is 5.38. The lowest BCUT2D eigenvalue weighted by atomic mass is 10.1. The largest absolute Gasteiger partial charge is 0.508 e. The van der Waals surface area contributed by atoms with Crippen molar-refractivity contribution in [3.63, 3.8) is 0 Å². The predicted octanol–water partition coefficient (Wildman–Crippen LogP) is 3.24. The number of piperazine rings is 1. The maximum atomic E-state index is 12.8. The molecule has 1 heterocycles. The third-order valence-corrected chi connectivity index (χ3v) is 4.29. The van der Waals surface area contributed by atoms with Crippen LogP contribution in [0.15, 0.2) is 36.4 Å². The van der Waals surface area contributed by atoms with Crippen LogP contribution in [0.1, 0.15) is 31.1 Å². The van der Waals surface area contributed by atoms with Crippen molar-refractivity contribution < 1.29 is 19.4 Å². The molecular weight excluding hydrogens is 332 g/mol. The van der Waals surface area contributed by atoms with Gasteiger partial charge in [-0.05, 0) is 55.8 Å². The van der Waals surface area contributed by atoms with E-state index in [4.69, 9.17) is 4.74 Å². The Morgan fingerprint density at radius 2 is 1.50 bits per heavy atom. The van der Waals surface area contributed by atoms with Crippen molar-refractivity contribution in [3.8, 4) is 5.75 Å². The maximum Gasteiger partial charge on any atom is 0.410 e. The SMILES string of the molecule is CC(C)(C)OC(=O)N1CCN(C(=O)c2ccc3cc(O)ccc3c2)CC1. The Morgan fingerprint density at radius 1 is 0.923 bits per heavy atom. The zero-order chi connectivity index (χ0) is 18.9. The summed E-state index contributed by atoms with van der Waals surface area (Å²) >= 11 is 0. The van der Waals surface area contributed by atoms with Gasteiger partial charge in [0.15, 0.2) is 0 Å². The van der Waals surface area contributed by atoms with Crippen LogP contribution in [0, 0.1) is 0 Å². The summed E-state index contributed by atoms with van der Waals surface area (Å²) in [6, 6.07) is 10.5. The molecule has 3 rings (SSSR count). The Hall–Kier alpha value is -2.76. The lowest BCUT2D eigenvalue weighted by Crippen LogP contribution is -2.51. The fraction of sp³-hybridized carbons (Fsp3) is 0.400. The molecule has 26 heavy (non-hydrogen) atoms. The van der Waals surface area contributed by atoms with Gasteiger partial charge in [-0.2, -0.15) is 0 Å². The Balaban J connectivity index is 1.65. The second kappa shape index (κ2) is 6.86. The van der Waals surface area contributed by atoms with E-state index in [0.29, 0.717) is 31.7 Å². The van der Waals surface area contributed by atoms with Gasteiger partial charge in [-0.3, -0.25) is 4.79 Å². The third-order valence-electron chi connectivity index (χ3n) is 4.29. The minimum absolute atomic E-state index is 0.0520. The second-order valence-corrected chi connectivity index (χ2v) is 7.51. The molecule has 2 aromatic carbocycles. The van der Waals surface area contributed by atoms with E-state index in [1.807, 2.05) is 32.9 Å². The van der Waals surface area contributed by atoms with Crippen molar-refractivity contribution in [2.45, 2.75) is 26.4 Å². The van der Waals surface area contributed by atoms with Crippen LogP contribution in [-0.4, -0.2) is 58.7 Å². The smallest absolute Gasteiger partial charge is 0.410 e. The summed E-state index contributed by atoms with van der Waals surface area (Å²) in [5.41, 5.74) is 0.0812. The quantitative estimate of drug-likeness (QED) is 0.852. The van der Waals surface area contributed by atoms with Gasteiger partial charge < -0.3 is 19.6 Å². The molecule has 2 aromatic rings. The highest BCUT2D eigenvalue weighted by Crippen LogP contribution is 2.22. The molecule has 138 valence electrons. The number of phenolic OH excluding ortho intramolecular Hbond substituents is 1. The average molecular weight is 356 g/mol. The summed E-state index contributed by atoms with van der Waals surface area (Å²) in [5, 5.41) is 11.3. The van der Waals surface area contributed by atoms with Gasteiger partial charge in [-0.15, -0.1) is 0 Å². The van der Waals surface area contributed by atoms with Gasteiger partial charge in [-0.1, -0.05) is 12.1 Å². The van der Waals surface area contributed by atoms with Gasteiger partial charge >= 0.3 is 6.09 Å². The van der Waals surface area contributed by atoms with Crippen LogP contribution in [0.3, 0.4) is 0 Å². The Bertz CT molecular complexity index is 833. The molecule has 1 fully saturated rings. The fourth-order valence-electron chi connectivity index (χ4n) is 2.97. The van der Waals surface area contributed by atoms with Gasteiger partial charge in [0.2, 0.25) is 0 Å². The van der Waals surface area contributed by atoms with Crippen molar-refractivity contribution in [3.05, 3.63) is 42.0 Å². The van der Waals surface area contributed by atoms with Gasteiger partial charge in [0.05, 0.1) is 0 Å². The van der Waals surface area contributed by atoms with E-state index in [0.717, 1.165) is 10.8 Å². The summed E-state index contributed by atoms with van der Waals surface area (Å²) in [7, 11) is 0. The summed E-state index contributed by atoms with van der Waals surface area (Å²) in [6.45, 7) is 7.39. The Kier molecular flexibility index (Phi) is 4.76. The van der Waals surface area contributed by atoms with Crippen LogP contribution in [-0.2, 0) is 4.74 Å². The molecule has 1 aliphatic heterocycles. The summed E-state index contributed by atoms with van der Waals surface area (Å²) in [5.74, 6) is 0.152. The van der Waals surface area contributed by atoms with Crippen molar-refractivity contribution in [2.75, 3.05) is 26.2 Å². The number of carbonyl (C=O) groups excluding carboxylic acids is 2. The molecule has 2 amide bonds. The molecule has 1 aliphatic rings. The highest BCUT2D eigenvalue weighted by Gasteiger charge is 2.28. The molecule has 0 radical (unpaired) electrons. The molecule has 0 aromatic heterocycles. The van der Waals surface area contributed by atoms with Gasteiger partial charge in [-0.25, -0.2) is 4.79 Å². The van der Waals surface area contributed by atoms with Crippen LogP contribution in [0.2, 0.25) is 0 Å². The molecule has 6 heteroatoms. The minimum Gasteiger partial charge on any atom is -0.508 e. The van der Waals surface area contributed by atoms with Gasteiger partial charge in [0, 0.05) is 31.7 Å². The molecule has 0 spiro atoms. The Labute approximate surface area is 153 Å². The van der Waals surface area contributed by atoms with E-state index in [-0.39, 0.29) is 17.7 Å². The minimum atomic E-state index is -0.524. The van der Waals surface area contributed by atoms with Gasteiger partial charge in [0.25, 0.3) is 5.91 Å². The molecule has 6 nitrogen and oxygen atoms in total. The van der Waals surface area contributed by atoms with E-state index >= 15 is 0 Å². The topological polar surface area (TPSA) is 70.1 Å². The number of fused-ring (bicyclic) bond motifs is 1. The van der Waals surface area contributed by atoms with Gasteiger partial charge in [0.1, 0.15) is 11.4 Å². The number of hydrogen-bond acceptors (Lipinski definition) is 4. The number of carbonyl (C=O) groups is 2. The van der Waals surface area contributed by atoms with Crippen LogP contribution in [0.25, 0.3) is 10.8 Å². The second-order valence-electron chi connectivity index (χ2n) is 7.51. The number of amides is 2. The first kappa shape index (κ1) is 18.0. The zero-order valence-electron chi connectivity index (χ0n) is 15.4. The van der Waals surface area contributed by atoms with E-state index < -0.39 is 5.60 Å². The normalized spacial score (nSPS) is 15.2. The van der Waals surface area contributed by atoms with E-state index in [1.54, 1.807) is 34.1 Å². The van der Waals surface area contributed by atoms with Crippen LogP contribution in [0.5, 0.6) is 5.75 Å². The number of rotatable bonds is 1. The van der Waals surface area contributed by atoms with Crippen molar-refractivity contribution >= 4 is 22.8 Å². The number of phenols is 1. The molecule has 0 bridgehead atoms. The molecule has 0 aliphatic carbocycles. The van der Waals surface area contributed by atoms with Crippen molar-refractivity contribution in [1.29, 1.82) is 0 Å². The predicted molar refractivity (Wildman–Crippen MR) is 99.3 cm³/mol.